The number of carbonyl (C=O) groups excluding carboxylic acids is 1. The Morgan fingerprint density at radius 3 is 2.58 bits per heavy atom. The van der Waals surface area contributed by atoms with Gasteiger partial charge < -0.3 is 0 Å². The van der Waals surface area contributed by atoms with Crippen LogP contribution in [0, 0.1) is 12.7 Å². The van der Waals surface area contributed by atoms with Crippen LogP contribution in [0.4, 0.5) is 4.39 Å². The van der Waals surface area contributed by atoms with E-state index in [1.807, 2.05) is 36.6 Å². The number of thiophene rings is 1. The van der Waals surface area contributed by atoms with Crippen LogP contribution in [0.1, 0.15) is 15.9 Å². The van der Waals surface area contributed by atoms with E-state index in [0.717, 1.165) is 16.7 Å². The highest BCUT2D eigenvalue weighted by molar-refractivity contribution is 7.99. The summed E-state index contributed by atoms with van der Waals surface area (Å²) in [5.74, 6) is -0.453. The Morgan fingerprint density at radius 1 is 1.19 bits per heavy atom. The van der Waals surface area contributed by atoms with Crippen LogP contribution < -0.4 is 5.56 Å². The van der Waals surface area contributed by atoms with Crippen molar-refractivity contribution in [3.8, 4) is 11.1 Å². The standard InChI is InChI=1S/C24H19FN2O2S2/c1-3-12-27-23(29)21-19(16-6-4-15(2)5-7-16)13-30-22(21)26-24(27)31-14-20(28)17-8-10-18(25)11-9-17/h3-11,13H,1,12,14H2,2H3. The first-order valence-corrected chi connectivity index (χ1v) is 11.5. The first-order valence-electron chi connectivity index (χ1n) is 9.59. The lowest BCUT2D eigenvalue weighted by Crippen LogP contribution is -2.23. The second kappa shape index (κ2) is 8.99. The monoisotopic (exact) mass is 450 g/mol. The average Bonchev–Trinajstić information content (AvgIpc) is 3.19. The van der Waals surface area contributed by atoms with Crippen LogP contribution in [-0.4, -0.2) is 21.1 Å². The van der Waals surface area contributed by atoms with E-state index >= 15 is 0 Å². The first-order chi connectivity index (χ1) is 15.0. The number of ketones is 1. The highest BCUT2D eigenvalue weighted by Crippen LogP contribution is 2.32. The summed E-state index contributed by atoms with van der Waals surface area (Å²) in [6.45, 7) is 6.06. The maximum Gasteiger partial charge on any atom is 0.263 e. The van der Waals surface area contributed by atoms with Gasteiger partial charge >= 0.3 is 0 Å². The third kappa shape index (κ3) is 4.38. The molecule has 7 heteroatoms. The normalized spacial score (nSPS) is 11.0. The Labute approximate surface area is 187 Å². The fraction of sp³-hybridized carbons (Fsp3) is 0.125. The highest BCUT2D eigenvalue weighted by Gasteiger charge is 2.18. The Hall–Kier alpha value is -3.03. The summed E-state index contributed by atoms with van der Waals surface area (Å²) >= 11 is 2.61. The average molecular weight is 451 g/mol. The molecule has 0 saturated carbocycles. The summed E-state index contributed by atoms with van der Waals surface area (Å²) < 4.78 is 14.6. The molecule has 0 unspecified atom stereocenters. The van der Waals surface area contributed by atoms with Gasteiger partial charge in [0, 0.05) is 23.1 Å². The van der Waals surface area contributed by atoms with Crippen molar-refractivity contribution in [3.05, 3.63) is 93.9 Å². The van der Waals surface area contributed by atoms with Crippen LogP contribution in [0.2, 0.25) is 0 Å². The molecule has 2 aromatic carbocycles. The Morgan fingerprint density at radius 2 is 1.90 bits per heavy atom. The summed E-state index contributed by atoms with van der Waals surface area (Å²) in [6, 6.07) is 13.5. The van der Waals surface area contributed by atoms with Crippen LogP contribution >= 0.6 is 23.1 Å². The number of fused-ring (bicyclic) bond motifs is 1. The largest absolute Gasteiger partial charge is 0.293 e. The van der Waals surface area contributed by atoms with Crippen LogP contribution in [0.15, 0.2) is 76.5 Å². The van der Waals surface area contributed by atoms with Crippen molar-refractivity contribution >= 4 is 39.1 Å². The molecule has 2 heterocycles. The van der Waals surface area contributed by atoms with E-state index in [2.05, 4.69) is 11.6 Å². The number of Topliss-reactive ketones (excluding diaryl/α,β-unsaturated/α-hetero) is 1. The van der Waals surface area contributed by atoms with Crippen LogP contribution in [0.3, 0.4) is 0 Å². The van der Waals surface area contributed by atoms with E-state index in [1.165, 1.54) is 47.4 Å². The van der Waals surface area contributed by atoms with Gasteiger partial charge in [0.2, 0.25) is 0 Å². The van der Waals surface area contributed by atoms with Gasteiger partial charge in [-0.05, 0) is 36.8 Å². The minimum atomic E-state index is -0.391. The third-order valence-electron chi connectivity index (χ3n) is 4.83. The molecule has 0 bridgehead atoms. The molecule has 4 aromatic rings. The third-order valence-corrected chi connectivity index (χ3v) is 6.68. The maximum absolute atomic E-state index is 13.4. The molecule has 4 rings (SSSR count). The molecule has 31 heavy (non-hydrogen) atoms. The topological polar surface area (TPSA) is 52.0 Å². The second-order valence-corrected chi connectivity index (χ2v) is 8.81. The number of carbonyl (C=O) groups is 1. The maximum atomic E-state index is 13.4. The molecule has 4 nitrogen and oxygen atoms in total. The van der Waals surface area contributed by atoms with Crippen molar-refractivity contribution in [2.75, 3.05) is 5.75 Å². The first kappa shape index (κ1) is 21.2. The van der Waals surface area contributed by atoms with E-state index in [4.69, 9.17) is 0 Å². The molecule has 0 aliphatic carbocycles. The number of hydrogen-bond acceptors (Lipinski definition) is 5. The molecule has 0 spiro atoms. The number of aryl methyl sites for hydroxylation is 1. The zero-order chi connectivity index (χ0) is 22.0. The molecule has 0 radical (unpaired) electrons. The Bertz CT molecular complexity index is 1320. The second-order valence-electron chi connectivity index (χ2n) is 7.01. The van der Waals surface area contributed by atoms with Gasteiger partial charge in [-0.15, -0.1) is 17.9 Å². The van der Waals surface area contributed by atoms with E-state index in [9.17, 15) is 14.0 Å². The summed E-state index contributed by atoms with van der Waals surface area (Å²) in [6.07, 6.45) is 1.64. The van der Waals surface area contributed by atoms with Gasteiger partial charge in [0.15, 0.2) is 10.9 Å². The smallest absolute Gasteiger partial charge is 0.263 e. The highest BCUT2D eigenvalue weighted by atomic mass is 32.2. The minimum absolute atomic E-state index is 0.0942. The van der Waals surface area contributed by atoms with E-state index < -0.39 is 5.82 Å². The molecule has 0 fully saturated rings. The van der Waals surface area contributed by atoms with Crippen LogP contribution in [0.25, 0.3) is 21.3 Å². The molecule has 0 N–H and O–H groups in total. The van der Waals surface area contributed by atoms with Gasteiger partial charge in [-0.2, -0.15) is 0 Å². The quantitative estimate of drug-likeness (QED) is 0.156. The van der Waals surface area contributed by atoms with E-state index in [1.54, 1.807) is 10.6 Å². The zero-order valence-electron chi connectivity index (χ0n) is 16.8. The molecule has 0 aliphatic heterocycles. The van der Waals surface area contributed by atoms with Crippen LogP contribution in [-0.2, 0) is 6.54 Å². The Kier molecular flexibility index (Phi) is 6.15. The molecular weight excluding hydrogens is 431 g/mol. The van der Waals surface area contributed by atoms with Gasteiger partial charge in [-0.25, -0.2) is 9.37 Å². The van der Waals surface area contributed by atoms with Gasteiger partial charge in [0.25, 0.3) is 5.56 Å². The summed E-state index contributed by atoms with van der Waals surface area (Å²) in [4.78, 5) is 31.2. The van der Waals surface area contributed by atoms with Crippen molar-refractivity contribution in [2.24, 2.45) is 0 Å². The fourth-order valence-electron chi connectivity index (χ4n) is 3.20. The molecule has 2 aromatic heterocycles. The number of benzene rings is 2. The number of allylic oxidation sites excluding steroid dienone is 1. The van der Waals surface area contributed by atoms with E-state index in [0.29, 0.717) is 20.9 Å². The van der Waals surface area contributed by atoms with Gasteiger partial charge in [0.1, 0.15) is 10.6 Å². The van der Waals surface area contributed by atoms with Crippen molar-refractivity contribution in [1.29, 1.82) is 0 Å². The van der Waals surface area contributed by atoms with Gasteiger partial charge in [0.05, 0.1) is 11.1 Å². The van der Waals surface area contributed by atoms with Crippen molar-refractivity contribution in [1.82, 2.24) is 9.55 Å². The molecular formula is C24H19FN2O2S2. The number of rotatable bonds is 7. The lowest BCUT2D eigenvalue weighted by Gasteiger charge is -2.10. The predicted molar refractivity (Wildman–Crippen MR) is 126 cm³/mol. The lowest BCUT2D eigenvalue weighted by atomic mass is 10.1. The van der Waals surface area contributed by atoms with Crippen molar-refractivity contribution < 1.29 is 9.18 Å². The molecule has 0 aliphatic rings. The van der Waals surface area contributed by atoms with Gasteiger partial charge in [-0.1, -0.05) is 47.7 Å². The Balaban J connectivity index is 1.70. The van der Waals surface area contributed by atoms with E-state index in [-0.39, 0.29) is 23.6 Å². The zero-order valence-corrected chi connectivity index (χ0v) is 18.4. The van der Waals surface area contributed by atoms with Crippen molar-refractivity contribution in [2.45, 2.75) is 18.6 Å². The number of hydrogen-bond donors (Lipinski definition) is 0. The van der Waals surface area contributed by atoms with Gasteiger partial charge in [-0.3, -0.25) is 14.2 Å². The lowest BCUT2D eigenvalue weighted by molar-refractivity contribution is 0.102. The molecule has 0 amide bonds. The minimum Gasteiger partial charge on any atom is -0.293 e. The summed E-state index contributed by atoms with van der Waals surface area (Å²) in [5.41, 5.74) is 3.24. The molecule has 156 valence electrons. The van der Waals surface area contributed by atoms with Crippen LogP contribution in [0.5, 0.6) is 0 Å². The number of nitrogens with zero attached hydrogens (tertiary/aromatic N) is 2. The molecule has 0 saturated heterocycles. The number of halogens is 1. The summed E-state index contributed by atoms with van der Waals surface area (Å²) in [7, 11) is 0. The number of thioether (sulfide) groups is 1. The fourth-order valence-corrected chi connectivity index (χ4v) is 5.09. The molecule has 0 atom stereocenters. The predicted octanol–water partition coefficient (Wildman–Crippen LogP) is 5.73. The SMILES string of the molecule is C=CCn1c(SCC(=O)c2ccc(F)cc2)nc2scc(-c3ccc(C)cc3)c2c1=O. The number of aromatic nitrogens is 2. The summed E-state index contributed by atoms with van der Waals surface area (Å²) in [5, 5.41) is 2.98. The van der Waals surface area contributed by atoms with Crippen molar-refractivity contribution in [3.63, 3.8) is 0 Å².